The maximum Gasteiger partial charge on any atom is 0.239 e. The largest absolute Gasteiger partial charge is 0.354 e. The molecule has 2 aromatic rings. The fourth-order valence-electron chi connectivity index (χ4n) is 5.98. The second-order valence-corrected chi connectivity index (χ2v) is 13.2. The van der Waals surface area contributed by atoms with Crippen LogP contribution in [-0.2, 0) is 28.7 Å². The third-order valence-electron chi connectivity index (χ3n) is 7.93. The molecule has 0 spiro atoms. The SMILES string of the molecule is CS(=O)N1CCN(CCC2CCCC(C)(C)C2)CC1C(=O)NCCc1cncn1Cc1cccc(Cl)c1. The molecule has 7 nitrogen and oxygen atoms in total. The lowest BCUT2D eigenvalue weighted by atomic mass is 9.71. The highest BCUT2D eigenvalue weighted by molar-refractivity contribution is 7.81. The molecule has 3 atom stereocenters. The van der Waals surface area contributed by atoms with Crippen molar-refractivity contribution in [3.63, 3.8) is 0 Å². The van der Waals surface area contributed by atoms with Gasteiger partial charge in [-0.1, -0.05) is 50.4 Å². The zero-order chi connectivity index (χ0) is 26.4. The number of carbonyl (C=O) groups is 1. The first-order valence-corrected chi connectivity index (χ1v) is 15.4. The molecule has 37 heavy (non-hydrogen) atoms. The molecule has 1 amide bonds. The molecule has 0 radical (unpaired) electrons. The van der Waals surface area contributed by atoms with Crippen molar-refractivity contribution in [2.24, 2.45) is 11.3 Å². The minimum atomic E-state index is -1.18. The average Bonchev–Trinajstić information content (AvgIpc) is 3.28. The van der Waals surface area contributed by atoms with Crippen LogP contribution in [0.4, 0.5) is 0 Å². The fraction of sp³-hybridized carbons (Fsp3) is 0.643. The minimum Gasteiger partial charge on any atom is -0.354 e. The molecule has 1 N–H and O–H groups in total. The van der Waals surface area contributed by atoms with Crippen LogP contribution < -0.4 is 5.32 Å². The van der Waals surface area contributed by atoms with E-state index in [0.29, 0.717) is 43.0 Å². The summed E-state index contributed by atoms with van der Waals surface area (Å²) in [4.78, 5) is 19.9. The Balaban J connectivity index is 1.29. The predicted octanol–water partition coefficient (Wildman–Crippen LogP) is 4.13. The molecule has 2 heterocycles. The highest BCUT2D eigenvalue weighted by atomic mass is 35.5. The van der Waals surface area contributed by atoms with Gasteiger partial charge >= 0.3 is 0 Å². The van der Waals surface area contributed by atoms with Crippen molar-refractivity contribution in [2.75, 3.05) is 39.0 Å². The minimum absolute atomic E-state index is 0.0420. The van der Waals surface area contributed by atoms with Crippen molar-refractivity contribution >= 4 is 28.5 Å². The molecule has 2 fully saturated rings. The Labute approximate surface area is 229 Å². The van der Waals surface area contributed by atoms with Gasteiger partial charge in [0.2, 0.25) is 5.91 Å². The van der Waals surface area contributed by atoms with E-state index < -0.39 is 17.0 Å². The third-order valence-corrected chi connectivity index (χ3v) is 9.26. The summed E-state index contributed by atoms with van der Waals surface area (Å²) in [6.07, 6.45) is 12.5. The van der Waals surface area contributed by atoms with E-state index in [1.807, 2.05) is 41.1 Å². The molecule has 0 bridgehead atoms. The maximum absolute atomic E-state index is 13.2. The Bertz CT molecular complexity index is 1070. The Morgan fingerprint density at radius 3 is 2.89 bits per heavy atom. The van der Waals surface area contributed by atoms with Crippen molar-refractivity contribution in [1.29, 1.82) is 0 Å². The standard InChI is InChI=1S/C28H42ClN5O2S/c1-28(2)11-5-7-22(17-28)10-13-32-14-15-34(37(3)36)26(20-32)27(35)31-12-9-25-18-30-21-33(25)19-23-6-4-8-24(29)16-23/h4,6,8,16,18,21-22,26H,5,7,9-15,17,19-20H2,1-3H3,(H,31,35). The van der Waals surface area contributed by atoms with E-state index in [2.05, 4.69) is 33.6 Å². The Kier molecular flexibility index (Phi) is 9.84. The van der Waals surface area contributed by atoms with Crippen molar-refractivity contribution in [3.8, 4) is 0 Å². The highest BCUT2D eigenvalue weighted by Gasteiger charge is 2.35. The van der Waals surface area contributed by atoms with E-state index in [0.717, 1.165) is 30.3 Å². The van der Waals surface area contributed by atoms with Crippen molar-refractivity contribution in [1.82, 2.24) is 24.1 Å². The van der Waals surface area contributed by atoms with E-state index in [4.69, 9.17) is 11.6 Å². The zero-order valence-electron chi connectivity index (χ0n) is 22.5. The molecule has 204 valence electrons. The van der Waals surface area contributed by atoms with Crippen LogP contribution in [0.3, 0.4) is 0 Å². The molecular weight excluding hydrogens is 506 g/mol. The third kappa shape index (κ3) is 8.12. The molecular formula is C28H42ClN5O2S. The fourth-order valence-corrected chi connectivity index (χ4v) is 7.05. The van der Waals surface area contributed by atoms with Gasteiger partial charge in [0.1, 0.15) is 6.04 Å². The van der Waals surface area contributed by atoms with Crippen LogP contribution in [0.2, 0.25) is 5.02 Å². The van der Waals surface area contributed by atoms with Crippen LogP contribution in [0.25, 0.3) is 0 Å². The first-order valence-electron chi connectivity index (χ1n) is 13.5. The highest BCUT2D eigenvalue weighted by Crippen LogP contribution is 2.39. The number of amides is 1. The normalized spacial score (nSPS) is 23.6. The molecule has 1 aliphatic carbocycles. The van der Waals surface area contributed by atoms with E-state index in [-0.39, 0.29) is 5.91 Å². The summed E-state index contributed by atoms with van der Waals surface area (Å²) < 4.78 is 16.3. The molecule has 1 aliphatic heterocycles. The topological polar surface area (TPSA) is 70.5 Å². The summed E-state index contributed by atoms with van der Waals surface area (Å²) in [6, 6.07) is 7.42. The molecule has 4 rings (SSSR count). The number of imidazole rings is 1. The van der Waals surface area contributed by atoms with Crippen molar-refractivity contribution < 1.29 is 9.00 Å². The first kappa shape index (κ1) is 28.3. The van der Waals surface area contributed by atoms with Gasteiger partial charge in [-0.25, -0.2) is 13.5 Å². The van der Waals surface area contributed by atoms with Crippen LogP contribution in [0, 0.1) is 11.3 Å². The van der Waals surface area contributed by atoms with Crippen molar-refractivity contribution in [3.05, 3.63) is 53.1 Å². The quantitative estimate of drug-likeness (QED) is 0.485. The molecule has 1 saturated carbocycles. The van der Waals surface area contributed by atoms with Gasteiger partial charge in [0.15, 0.2) is 0 Å². The number of hydrogen-bond acceptors (Lipinski definition) is 4. The number of carbonyl (C=O) groups excluding carboxylic acids is 1. The molecule has 2 aliphatic rings. The van der Waals surface area contributed by atoms with Crippen LogP contribution in [-0.4, -0.2) is 73.9 Å². The van der Waals surface area contributed by atoms with Gasteiger partial charge in [0.25, 0.3) is 0 Å². The van der Waals surface area contributed by atoms with Gasteiger partial charge in [0, 0.05) is 62.3 Å². The lowest BCUT2D eigenvalue weighted by Gasteiger charge is -2.40. The predicted molar refractivity (Wildman–Crippen MR) is 151 cm³/mol. The molecule has 1 aromatic heterocycles. The first-order chi connectivity index (χ1) is 17.7. The lowest BCUT2D eigenvalue weighted by Crippen LogP contribution is -2.59. The van der Waals surface area contributed by atoms with E-state index >= 15 is 0 Å². The second kappa shape index (κ2) is 12.9. The monoisotopic (exact) mass is 547 g/mol. The summed E-state index contributed by atoms with van der Waals surface area (Å²) in [5.41, 5.74) is 2.61. The summed E-state index contributed by atoms with van der Waals surface area (Å²) >= 11 is 6.13. The van der Waals surface area contributed by atoms with Gasteiger partial charge < -0.3 is 9.88 Å². The molecule has 9 heteroatoms. The average molecular weight is 548 g/mol. The van der Waals surface area contributed by atoms with Gasteiger partial charge in [-0.15, -0.1) is 0 Å². The molecule has 1 saturated heterocycles. The number of piperazine rings is 1. The van der Waals surface area contributed by atoms with Gasteiger partial charge in [0.05, 0.1) is 17.3 Å². The molecule has 3 unspecified atom stereocenters. The summed E-state index contributed by atoms with van der Waals surface area (Å²) in [7, 11) is -1.18. The van der Waals surface area contributed by atoms with Gasteiger partial charge in [-0.05, 0) is 54.8 Å². The number of nitrogens with zero attached hydrogens (tertiary/aromatic N) is 4. The van der Waals surface area contributed by atoms with Crippen LogP contribution in [0.1, 0.15) is 57.2 Å². The Morgan fingerprint density at radius 1 is 1.30 bits per heavy atom. The van der Waals surface area contributed by atoms with E-state index in [1.54, 1.807) is 6.26 Å². The van der Waals surface area contributed by atoms with Gasteiger partial charge in [-0.3, -0.25) is 9.69 Å². The number of halogens is 1. The van der Waals surface area contributed by atoms with Crippen LogP contribution in [0.15, 0.2) is 36.8 Å². The lowest BCUT2D eigenvalue weighted by molar-refractivity contribution is -0.126. The zero-order valence-corrected chi connectivity index (χ0v) is 24.1. The Hall–Kier alpha value is -1.74. The van der Waals surface area contributed by atoms with E-state index in [1.165, 1.54) is 32.1 Å². The summed E-state index contributed by atoms with van der Waals surface area (Å²) in [6.45, 7) is 9.13. The summed E-state index contributed by atoms with van der Waals surface area (Å²) in [5.74, 6) is 0.728. The summed E-state index contributed by atoms with van der Waals surface area (Å²) in [5, 5.41) is 3.82. The van der Waals surface area contributed by atoms with Crippen LogP contribution >= 0.6 is 11.6 Å². The number of benzene rings is 1. The molecule has 1 aromatic carbocycles. The number of aromatic nitrogens is 2. The number of rotatable bonds is 10. The maximum atomic E-state index is 13.2. The number of nitrogens with one attached hydrogen (secondary N) is 1. The van der Waals surface area contributed by atoms with E-state index in [9.17, 15) is 9.00 Å². The smallest absolute Gasteiger partial charge is 0.239 e. The van der Waals surface area contributed by atoms with Crippen LogP contribution in [0.5, 0.6) is 0 Å². The Morgan fingerprint density at radius 2 is 2.14 bits per heavy atom. The van der Waals surface area contributed by atoms with Crippen molar-refractivity contribution in [2.45, 2.75) is 65.0 Å². The second-order valence-electron chi connectivity index (χ2n) is 11.5. The number of hydrogen-bond donors (Lipinski definition) is 1. The van der Waals surface area contributed by atoms with Gasteiger partial charge in [-0.2, -0.15) is 0 Å².